The van der Waals surface area contributed by atoms with Crippen LogP contribution in [0.15, 0.2) is 24.4 Å². The molecular formula is C15H15F2N3. The summed E-state index contributed by atoms with van der Waals surface area (Å²) in [6, 6.07) is 3.33. The molecule has 2 aromatic rings. The minimum Gasteiger partial charge on any atom is -0.330 e. The molecule has 0 radical (unpaired) electrons. The quantitative estimate of drug-likeness (QED) is 0.916. The summed E-state index contributed by atoms with van der Waals surface area (Å²) in [7, 11) is 0. The van der Waals surface area contributed by atoms with E-state index in [0.717, 1.165) is 36.6 Å². The van der Waals surface area contributed by atoms with Crippen molar-refractivity contribution in [2.45, 2.75) is 19.3 Å². The monoisotopic (exact) mass is 275 g/mol. The zero-order valence-corrected chi connectivity index (χ0v) is 10.9. The number of halogens is 2. The average Bonchev–Trinajstić information content (AvgIpc) is 2.45. The highest BCUT2D eigenvalue weighted by Crippen LogP contribution is 2.25. The van der Waals surface area contributed by atoms with Crippen LogP contribution in [0.3, 0.4) is 0 Å². The summed E-state index contributed by atoms with van der Waals surface area (Å²) in [6.07, 6.45) is 4.47. The van der Waals surface area contributed by atoms with Crippen LogP contribution < -0.4 is 5.73 Å². The summed E-state index contributed by atoms with van der Waals surface area (Å²) in [5.74, 6) is -0.397. The highest BCUT2D eigenvalue weighted by molar-refractivity contribution is 5.55. The first kappa shape index (κ1) is 13.1. The number of rotatable bonds is 2. The lowest BCUT2D eigenvalue weighted by molar-refractivity contribution is 0.462. The van der Waals surface area contributed by atoms with Crippen molar-refractivity contribution in [3.05, 3.63) is 47.3 Å². The normalized spacial score (nSPS) is 17.9. The molecule has 104 valence electrons. The third kappa shape index (κ3) is 2.54. The van der Waals surface area contributed by atoms with Crippen molar-refractivity contribution < 1.29 is 8.78 Å². The van der Waals surface area contributed by atoms with E-state index < -0.39 is 11.6 Å². The fourth-order valence-electron chi connectivity index (χ4n) is 2.61. The zero-order valence-electron chi connectivity index (χ0n) is 10.9. The van der Waals surface area contributed by atoms with Gasteiger partial charge in [0, 0.05) is 23.5 Å². The predicted octanol–water partition coefficient (Wildman–Crippen LogP) is 2.49. The van der Waals surface area contributed by atoms with Crippen molar-refractivity contribution in [3.63, 3.8) is 0 Å². The lowest BCUT2D eigenvalue weighted by Crippen LogP contribution is -2.23. The number of nitrogens with zero attached hydrogens (tertiary/aromatic N) is 2. The van der Waals surface area contributed by atoms with Crippen LogP contribution in [0.5, 0.6) is 0 Å². The lowest BCUT2D eigenvalue weighted by Gasteiger charge is -2.22. The Morgan fingerprint density at radius 2 is 1.95 bits per heavy atom. The van der Waals surface area contributed by atoms with E-state index in [9.17, 15) is 8.78 Å². The Kier molecular flexibility index (Phi) is 3.44. The van der Waals surface area contributed by atoms with E-state index in [0.29, 0.717) is 23.9 Å². The third-order valence-corrected chi connectivity index (χ3v) is 3.71. The van der Waals surface area contributed by atoms with Crippen LogP contribution >= 0.6 is 0 Å². The van der Waals surface area contributed by atoms with Gasteiger partial charge in [0.2, 0.25) is 0 Å². The second-order valence-corrected chi connectivity index (χ2v) is 5.17. The first-order valence-electron chi connectivity index (χ1n) is 6.67. The average molecular weight is 275 g/mol. The van der Waals surface area contributed by atoms with E-state index in [2.05, 4.69) is 9.97 Å². The van der Waals surface area contributed by atoms with Gasteiger partial charge in [-0.15, -0.1) is 0 Å². The van der Waals surface area contributed by atoms with Gasteiger partial charge in [0.05, 0.1) is 0 Å². The largest absolute Gasteiger partial charge is 0.330 e. The molecule has 20 heavy (non-hydrogen) atoms. The van der Waals surface area contributed by atoms with Crippen LogP contribution in [-0.4, -0.2) is 16.5 Å². The van der Waals surface area contributed by atoms with Crippen molar-refractivity contribution in [2.75, 3.05) is 6.54 Å². The number of fused-ring (bicyclic) bond motifs is 1. The maximum Gasteiger partial charge on any atom is 0.159 e. The van der Waals surface area contributed by atoms with E-state index in [1.807, 2.05) is 0 Å². The predicted molar refractivity (Wildman–Crippen MR) is 72.0 cm³/mol. The fraction of sp³-hybridized carbons (Fsp3) is 0.333. The molecule has 1 unspecified atom stereocenters. The third-order valence-electron chi connectivity index (χ3n) is 3.71. The van der Waals surface area contributed by atoms with Gasteiger partial charge in [-0.2, -0.15) is 0 Å². The molecule has 1 aromatic heterocycles. The molecule has 3 nitrogen and oxygen atoms in total. The minimum absolute atomic E-state index is 0.367. The molecule has 0 amide bonds. The van der Waals surface area contributed by atoms with Crippen LogP contribution in [0, 0.1) is 17.6 Å². The highest BCUT2D eigenvalue weighted by Gasteiger charge is 2.19. The molecule has 0 bridgehead atoms. The molecule has 5 heteroatoms. The fourth-order valence-corrected chi connectivity index (χ4v) is 2.61. The van der Waals surface area contributed by atoms with Crippen molar-refractivity contribution in [1.29, 1.82) is 0 Å². The van der Waals surface area contributed by atoms with Crippen LogP contribution in [0.1, 0.15) is 17.7 Å². The molecular weight excluding hydrogens is 260 g/mol. The Labute approximate surface area is 115 Å². The SMILES string of the molecule is NCC1CCc2nc(-c3cc(F)cc(F)c3)ncc2C1. The molecule has 0 saturated carbocycles. The van der Waals surface area contributed by atoms with Crippen molar-refractivity contribution in [3.8, 4) is 11.4 Å². The van der Waals surface area contributed by atoms with E-state index in [1.165, 1.54) is 12.1 Å². The molecule has 2 N–H and O–H groups in total. The van der Waals surface area contributed by atoms with E-state index in [4.69, 9.17) is 5.73 Å². The molecule has 1 aromatic carbocycles. The molecule has 0 fully saturated rings. The summed E-state index contributed by atoms with van der Waals surface area (Å²) in [6.45, 7) is 0.663. The highest BCUT2D eigenvalue weighted by atomic mass is 19.1. The molecule has 1 atom stereocenters. The molecule has 1 aliphatic rings. The maximum absolute atomic E-state index is 13.2. The van der Waals surface area contributed by atoms with Gasteiger partial charge in [-0.3, -0.25) is 0 Å². The Hall–Kier alpha value is -1.88. The summed E-state index contributed by atoms with van der Waals surface area (Å²) in [4.78, 5) is 8.68. The lowest BCUT2D eigenvalue weighted by atomic mass is 9.87. The molecule has 1 aliphatic carbocycles. The smallest absolute Gasteiger partial charge is 0.159 e. The Balaban J connectivity index is 1.96. The van der Waals surface area contributed by atoms with Crippen LogP contribution in [-0.2, 0) is 12.8 Å². The van der Waals surface area contributed by atoms with Gasteiger partial charge >= 0.3 is 0 Å². The van der Waals surface area contributed by atoms with E-state index in [-0.39, 0.29) is 0 Å². The van der Waals surface area contributed by atoms with Crippen molar-refractivity contribution in [2.24, 2.45) is 11.7 Å². The molecule has 3 rings (SSSR count). The molecule has 1 heterocycles. The second kappa shape index (κ2) is 5.25. The summed E-state index contributed by atoms with van der Waals surface area (Å²) in [5, 5.41) is 0. The van der Waals surface area contributed by atoms with Gasteiger partial charge < -0.3 is 5.73 Å². The maximum atomic E-state index is 13.2. The molecule has 0 saturated heterocycles. The summed E-state index contributed by atoms with van der Waals surface area (Å²) < 4.78 is 26.5. The van der Waals surface area contributed by atoms with Crippen LogP contribution in [0.2, 0.25) is 0 Å². The molecule has 0 aliphatic heterocycles. The topological polar surface area (TPSA) is 51.8 Å². The Bertz CT molecular complexity index is 623. The Morgan fingerprint density at radius 1 is 1.20 bits per heavy atom. The second-order valence-electron chi connectivity index (χ2n) is 5.17. The zero-order chi connectivity index (χ0) is 14.1. The van der Waals surface area contributed by atoms with Crippen molar-refractivity contribution >= 4 is 0 Å². The standard InChI is InChI=1S/C15H15F2N3/c16-12-4-10(5-13(17)6-12)15-19-8-11-3-9(7-18)1-2-14(11)20-15/h4-6,8-9H,1-3,7,18H2. The first-order valence-corrected chi connectivity index (χ1v) is 6.67. The van der Waals surface area contributed by atoms with Gasteiger partial charge in [-0.1, -0.05) is 0 Å². The van der Waals surface area contributed by atoms with Gasteiger partial charge in [-0.25, -0.2) is 18.7 Å². The number of hydrogen-bond acceptors (Lipinski definition) is 3. The number of aromatic nitrogens is 2. The van der Waals surface area contributed by atoms with E-state index in [1.54, 1.807) is 6.20 Å². The number of benzene rings is 1. The van der Waals surface area contributed by atoms with E-state index >= 15 is 0 Å². The van der Waals surface area contributed by atoms with Crippen LogP contribution in [0.4, 0.5) is 8.78 Å². The number of hydrogen-bond donors (Lipinski definition) is 1. The van der Waals surface area contributed by atoms with Gasteiger partial charge in [0.25, 0.3) is 0 Å². The summed E-state index contributed by atoms with van der Waals surface area (Å²) in [5.41, 5.74) is 8.11. The minimum atomic E-state index is -0.621. The summed E-state index contributed by atoms with van der Waals surface area (Å²) >= 11 is 0. The number of aryl methyl sites for hydroxylation is 1. The first-order chi connectivity index (χ1) is 9.65. The van der Waals surface area contributed by atoms with Gasteiger partial charge in [-0.05, 0) is 49.4 Å². The van der Waals surface area contributed by atoms with Gasteiger partial charge in [0.1, 0.15) is 11.6 Å². The molecule has 0 spiro atoms. The Morgan fingerprint density at radius 3 is 2.65 bits per heavy atom. The van der Waals surface area contributed by atoms with Crippen LogP contribution in [0.25, 0.3) is 11.4 Å². The number of nitrogens with two attached hydrogens (primary N) is 1. The van der Waals surface area contributed by atoms with Gasteiger partial charge in [0.15, 0.2) is 5.82 Å². The van der Waals surface area contributed by atoms with Crippen molar-refractivity contribution in [1.82, 2.24) is 9.97 Å².